The van der Waals surface area contributed by atoms with Crippen molar-refractivity contribution < 1.29 is 29.0 Å². The summed E-state index contributed by atoms with van der Waals surface area (Å²) in [5.41, 5.74) is 2.64. The predicted octanol–water partition coefficient (Wildman–Crippen LogP) is 5.41. The lowest BCUT2D eigenvalue weighted by Crippen LogP contribution is -2.43. The van der Waals surface area contributed by atoms with E-state index in [2.05, 4.69) is 0 Å². The van der Waals surface area contributed by atoms with E-state index in [4.69, 9.17) is 33.0 Å². The summed E-state index contributed by atoms with van der Waals surface area (Å²) in [4.78, 5) is 58.4. The van der Waals surface area contributed by atoms with E-state index in [1.807, 2.05) is 18.2 Å². The van der Waals surface area contributed by atoms with Crippen LogP contribution in [0.4, 0.5) is 11.4 Å². The number of carbonyl (C=O) groups excluding carboxylic acids is 4. The van der Waals surface area contributed by atoms with Gasteiger partial charge in [0.15, 0.2) is 0 Å². The first-order chi connectivity index (χ1) is 21.3. The third-order valence-corrected chi connectivity index (χ3v) is 9.92. The van der Waals surface area contributed by atoms with E-state index in [0.717, 1.165) is 11.1 Å². The van der Waals surface area contributed by atoms with Crippen LogP contribution < -0.4 is 14.5 Å². The molecule has 44 heavy (non-hydrogen) atoms. The SMILES string of the molecule is O=C1C2CC=C3C(CC4C(=O)N(c5ccc(Cl)cc5)C(=O)C4C3c3ccc(OCCO)cc3)C2C(=O)N1c1ccc(Cl)cc1. The Labute approximate surface area is 263 Å². The standard InChI is InChI=1S/C34H28Cl2N2O6/c35-19-3-7-21(8-4-19)37-31(40)25-14-13-24-26(29(25)33(37)42)17-27-30(28(24)18-1-11-23(12-2-18)44-16-15-39)34(43)38(32(27)41)22-9-5-20(36)6-10-22/h1-13,25-30,39H,14-17H2. The molecule has 224 valence electrons. The monoisotopic (exact) mass is 630 g/mol. The number of benzene rings is 3. The van der Waals surface area contributed by atoms with E-state index in [1.54, 1.807) is 60.7 Å². The Kier molecular flexibility index (Phi) is 7.31. The largest absolute Gasteiger partial charge is 0.491 e. The minimum Gasteiger partial charge on any atom is -0.491 e. The fourth-order valence-electron chi connectivity index (χ4n) is 7.59. The smallest absolute Gasteiger partial charge is 0.238 e. The van der Waals surface area contributed by atoms with Crippen LogP contribution in [0.15, 0.2) is 84.4 Å². The number of ether oxygens (including phenoxy) is 1. The van der Waals surface area contributed by atoms with E-state index in [-0.39, 0.29) is 43.3 Å². The molecule has 0 aromatic heterocycles. The van der Waals surface area contributed by atoms with Crippen molar-refractivity contribution in [3.63, 3.8) is 0 Å². The summed E-state index contributed by atoms with van der Waals surface area (Å²) in [5.74, 6) is -4.06. The van der Waals surface area contributed by atoms with Crippen molar-refractivity contribution >= 4 is 58.2 Å². The molecule has 2 saturated heterocycles. The van der Waals surface area contributed by atoms with Gasteiger partial charge in [-0.15, -0.1) is 0 Å². The quantitative estimate of drug-likeness (QED) is 0.288. The van der Waals surface area contributed by atoms with Crippen molar-refractivity contribution in [1.29, 1.82) is 0 Å². The van der Waals surface area contributed by atoms with Gasteiger partial charge in [-0.05, 0) is 85.0 Å². The van der Waals surface area contributed by atoms with Crippen LogP contribution in [-0.4, -0.2) is 41.9 Å². The minimum absolute atomic E-state index is 0.123. The number of aliphatic hydroxyl groups is 1. The predicted molar refractivity (Wildman–Crippen MR) is 164 cm³/mol. The van der Waals surface area contributed by atoms with Gasteiger partial charge in [-0.3, -0.25) is 29.0 Å². The Bertz CT molecular complexity index is 1690. The van der Waals surface area contributed by atoms with E-state index in [0.29, 0.717) is 33.6 Å². The number of fused-ring (bicyclic) bond motifs is 4. The first-order valence-corrected chi connectivity index (χ1v) is 15.3. The second kappa shape index (κ2) is 11.2. The van der Waals surface area contributed by atoms with Gasteiger partial charge in [0.2, 0.25) is 23.6 Å². The van der Waals surface area contributed by atoms with Gasteiger partial charge in [0.1, 0.15) is 12.4 Å². The molecule has 1 N–H and O–H groups in total. The summed E-state index contributed by atoms with van der Waals surface area (Å²) in [6, 6.07) is 20.5. The van der Waals surface area contributed by atoms with Gasteiger partial charge in [0, 0.05) is 16.0 Å². The van der Waals surface area contributed by atoms with Crippen LogP contribution >= 0.6 is 23.2 Å². The normalized spacial score (nSPS) is 27.7. The fourth-order valence-corrected chi connectivity index (χ4v) is 7.84. The summed E-state index contributed by atoms with van der Waals surface area (Å²) in [6.45, 7) is 0.0231. The Morgan fingerprint density at radius 1 is 0.682 bits per heavy atom. The number of hydrogen-bond acceptors (Lipinski definition) is 6. The summed E-state index contributed by atoms with van der Waals surface area (Å²) >= 11 is 12.2. The van der Waals surface area contributed by atoms with E-state index in [1.165, 1.54) is 9.80 Å². The topological polar surface area (TPSA) is 104 Å². The van der Waals surface area contributed by atoms with Gasteiger partial charge in [-0.25, -0.2) is 0 Å². The van der Waals surface area contributed by atoms with Gasteiger partial charge < -0.3 is 9.84 Å². The molecule has 1 saturated carbocycles. The van der Waals surface area contributed by atoms with Crippen molar-refractivity contribution in [3.05, 3.63) is 100 Å². The lowest BCUT2D eigenvalue weighted by Gasteiger charge is -2.44. The number of rotatable bonds is 6. The molecule has 0 radical (unpaired) electrons. The van der Waals surface area contributed by atoms with Crippen LogP contribution in [0.5, 0.6) is 5.75 Å². The average molecular weight is 632 g/mol. The summed E-state index contributed by atoms with van der Waals surface area (Å²) in [6.07, 6.45) is 2.66. The highest BCUT2D eigenvalue weighted by atomic mass is 35.5. The molecule has 2 heterocycles. The molecule has 0 spiro atoms. The first kappa shape index (κ1) is 28.8. The van der Waals surface area contributed by atoms with E-state index < -0.39 is 35.5 Å². The van der Waals surface area contributed by atoms with E-state index >= 15 is 0 Å². The van der Waals surface area contributed by atoms with Gasteiger partial charge in [0.05, 0.1) is 41.7 Å². The summed E-state index contributed by atoms with van der Waals surface area (Å²) in [7, 11) is 0. The van der Waals surface area contributed by atoms with Crippen molar-refractivity contribution in [2.75, 3.05) is 23.0 Å². The molecule has 6 atom stereocenters. The van der Waals surface area contributed by atoms with Crippen molar-refractivity contribution in [1.82, 2.24) is 0 Å². The van der Waals surface area contributed by atoms with E-state index in [9.17, 15) is 19.2 Å². The molecular weight excluding hydrogens is 603 g/mol. The third-order valence-electron chi connectivity index (χ3n) is 9.42. The molecule has 3 aromatic rings. The Morgan fingerprint density at radius 2 is 1.23 bits per heavy atom. The van der Waals surface area contributed by atoms with Crippen molar-refractivity contribution in [2.45, 2.75) is 18.8 Å². The highest BCUT2D eigenvalue weighted by Crippen LogP contribution is 2.58. The number of amides is 4. The molecular formula is C34H28Cl2N2O6. The zero-order chi connectivity index (χ0) is 30.7. The van der Waals surface area contributed by atoms with Gasteiger partial charge >= 0.3 is 0 Å². The molecule has 0 bridgehead atoms. The molecule has 4 amide bonds. The number of carbonyl (C=O) groups is 4. The van der Waals surface area contributed by atoms with Gasteiger partial charge in [-0.2, -0.15) is 0 Å². The van der Waals surface area contributed by atoms with Gasteiger partial charge in [-0.1, -0.05) is 47.0 Å². The number of hydrogen-bond donors (Lipinski definition) is 1. The minimum atomic E-state index is -0.680. The number of nitrogens with zero attached hydrogens (tertiary/aromatic N) is 2. The fraction of sp³-hybridized carbons (Fsp3) is 0.294. The Balaban J connectivity index is 1.30. The van der Waals surface area contributed by atoms with Crippen molar-refractivity contribution in [3.8, 4) is 5.75 Å². The van der Waals surface area contributed by atoms with Crippen LogP contribution in [0.1, 0.15) is 24.3 Å². The highest BCUT2D eigenvalue weighted by molar-refractivity contribution is 6.31. The third kappa shape index (κ3) is 4.55. The molecule has 10 heteroatoms. The zero-order valence-corrected chi connectivity index (χ0v) is 24.9. The van der Waals surface area contributed by atoms with Crippen LogP contribution in [0.2, 0.25) is 10.0 Å². The number of aliphatic hydroxyl groups excluding tert-OH is 1. The van der Waals surface area contributed by atoms with Gasteiger partial charge in [0.25, 0.3) is 0 Å². The second-order valence-electron chi connectivity index (χ2n) is 11.6. The maximum Gasteiger partial charge on any atom is 0.238 e. The molecule has 3 fully saturated rings. The zero-order valence-electron chi connectivity index (χ0n) is 23.4. The first-order valence-electron chi connectivity index (χ1n) is 14.6. The number of allylic oxidation sites excluding steroid dienone is 2. The maximum atomic E-state index is 14.2. The number of anilines is 2. The number of halogens is 2. The molecule has 4 aliphatic rings. The average Bonchev–Trinajstić information content (AvgIpc) is 3.44. The second-order valence-corrected chi connectivity index (χ2v) is 12.5. The van der Waals surface area contributed by atoms with Crippen molar-refractivity contribution in [2.24, 2.45) is 29.6 Å². The summed E-state index contributed by atoms with van der Waals surface area (Å²) in [5, 5.41) is 10.1. The Morgan fingerprint density at radius 3 is 1.80 bits per heavy atom. The lowest BCUT2D eigenvalue weighted by molar-refractivity contribution is -0.126. The molecule has 6 unspecified atom stereocenters. The maximum absolute atomic E-state index is 14.2. The molecule has 2 aliphatic carbocycles. The molecule has 7 rings (SSSR count). The van der Waals surface area contributed by atoms with Crippen LogP contribution in [0, 0.1) is 29.6 Å². The highest BCUT2D eigenvalue weighted by Gasteiger charge is 2.62. The van der Waals surface area contributed by atoms with Crippen LogP contribution in [0.3, 0.4) is 0 Å². The van der Waals surface area contributed by atoms with Crippen LogP contribution in [-0.2, 0) is 19.2 Å². The summed E-state index contributed by atoms with van der Waals surface area (Å²) < 4.78 is 5.56. The number of imide groups is 2. The Hall–Kier alpha value is -3.98. The lowest BCUT2D eigenvalue weighted by atomic mass is 9.57. The molecule has 2 aliphatic heterocycles. The molecule has 8 nitrogen and oxygen atoms in total. The van der Waals surface area contributed by atoms with Crippen LogP contribution in [0.25, 0.3) is 0 Å². The molecule has 3 aromatic carbocycles.